The Morgan fingerprint density at radius 2 is 0.877 bits per heavy atom. The van der Waals surface area contributed by atoms with Gasteiger partial charge in [-0.15, -0.1) is 0 Å². The van der Waals surface area contributed by atoms with Crippen LogP contribution in [0.5, 0.6) is 0 Å². The zero-order chi connectivity index (χ0) is 58.5. The largest absolute Gasteiger partial charge is 0.330 e. The van der Waals surface area contributed by atoms with Crippen molar-refractivity contribution in [2.75, 3.05) is 6.54 Å². The van der Waals surface area contributed by atoms with E-state index < -0.39 is 47.5 Å². The van der Waals surface area contributed by atoms with Crippen molar-refractivity contribution in [3.8, 4) is 11.8 Å². The zero-order valence-corrected chi connectivity index (χ0v) is 65.8. The molecule has 2 saturated heterocycles. The van der Waals surface area contributed by atoms with E-state index in [1.807, 2.05) is 139 Å². The number of unbranched alkanes of at least 4 members (excludes halogenated alkanes) is 4. The molecule has 446 valence electrons. The van der Waals surface area contributed by atoms with Crippen LogP contribution in [-0.4, -0.2) is 75.7 Å². The number of nitrogens with one attached hydrogen (secondary N) is 2. The van der Waals surface area contributed by atoms with E-state index in [1.165, 1.54) is 17.8 Å². The number of carbonyl (C=O) groups is 8. The lowest BCUT2D eigenvalue weighted by molar-refractivity contribution is -0.137. The molecule has 2 atom stereocenters. The minimum absolute atomic E-state index is 0.105. The summed E-state index contributed by atoms with van der Waals surface area (Å²) in [6.45, 7) is 2.70. The van der Waals surface area contributed by atoms with Gasteiger partial charge in [0.25, 0.3) is 23.6 Å². The molecule has 0 bridgehead atoms. The quantitative estimate of drug-likeness (QED) is 0.190. The number of carbonyl (C=O) groups excluding carboxylic acids is 8. The molecule has 8 amide bonds. The van der Waals surface area contributed by atoms with Crippen LogP contribution in [0.25, 0.3) is 0 Å². The van der Waals surface area contributed by atoms with Gasteiger partial charge in [0.2, 0.25) is 23.6 Å². The lowest BCUT2D eigenvalue weighted by atomic mass is 9.98. The van der Waals surface area contributed by atoms with E-state index >= 15 is 0 Å². The van der Waals surface area contributed by atoms with E-state index in [0.717, 1.165) is 53.9 Å². The number of amides is 8. The first kappa shape index (κ1) is 74.8. The first-order valence-corrected chi connectivity index (χ1v) is 62.0. The summed E-state index contributed by atoms with van der Waals surface area (Å²) in [6, 6.07) is 8.31. The van der Waals surface area contributed by atoms with Gasteiger partial charge in [0.1, 0.15) is 12.1 Å². The van der Waals surface area contributed by atoms with Crippen molar-refractivity contribution in [2.24, 2.45) is 5.73 Å². The van der Waals surface area contributed by atoms with Crippen LogP contribution in [0.15, 0.2) is 36.4 Å². The fraction of sp³-hybridized carbons (Fsp3) is 0.405. The molecule has 0 aromatic heterocycles. The molecule has 4 heterocycles. The molecule has 4 aliphatic rings. The average molecular weight is 1680 g/mol. The fourth-order valence-corrected chi connectivity index (χ4v) is 80.9. The number of aryl methyl sites for hydroxylation is 1. The molecule has 0 saturated carbocycles. The van der Waals surface area contributed by atoms with Gasteiger partial charge in [-0.1, -0.05) is 49.8 Å². The number of nitrogens with two attached hydrogens (primary N) is 1. The third kappa shape index (κ3) is 28.0. The number of imide groups is 4. The first-order chi connectivity index (χ1) is 39.5. The first-order valence-electron chi connectivity index (χ1n) is 22.0. The van der Waals surface area contributed by atoms with Crippen LogP contribution in [-0.2, 0) is 306 Å². The summed E-state index contributed by atoms with van der Waals surface area (Å²) >= 11 is 9.58. The monoisotopic (exact) mass is 1670 g/mol. The lowest BCUT2D eigenvalue weighted by Crippen LogP contribution is -2.54. The Bertz CT molecular complexity index is 4200. The number of hydrogen-bond donors (Lipinski definition) is 3. The number of hydrogen-bond acceptors (Lipinski definition) is 11. The maximum absolute atomic E-state index is 12.9. The van der Waals surface area contributed by atoms with Gasteiger partial charge in [-0.25, -0.2) is 0 Å². The van der Waals surface area contributed by atoms with Crippen LogP contribution in [0.3, 0.4) is 0 Å². The maximum atomic E-state index is 12.9. The summed E-state index contributed by atoms with van der Waals surface area (Å²) in [4.78, 5) is 99.7. The molecule has 2 aromatic rings. The highest BCUT2D eigenvalue weighted by Crippen LogP contribution is 2.31. The van der Waals surface area contributed by atoms with E-state index in [4.69, 9.17) is 28.1 Å². The smallest absolute Gasteiger partial charge is 0.263 e. The van der Waals surface area contributed by atoms with Crippen LogP contribution in [0.2, 0.25) is 0 Å². The Kier molecular flexibility index (Phi) is 42.9. The molecule has 0 aliphatic carbocycles. The van der Waals surface area contributed by atoms with Gasteiger partial charge in [0.05, 0.1) is 22.3 Å². The highest BCUT2D eigenvalue weighted by atomic mass is 33.5. The second kappa shape index (κ2) is 46.4. The predicted molar refractivity (Wildman–Crippen MR) is 408 cm³/mol. The average Bonchev–Trinajstić information content (AvgIpc) is 4.14. The van der Waals surface area contributed by atoms with E-state index in [0.29, 0.717) is 29.7 Å². The van der Waals surface area contributed by atoms with E-state index in [9.17, 15) is 38.4 Å². The number of nitrogens with zero attached hydrogens (tertiary/aromatic N) is 2. The maximum Gasteiger partial charge on any atom is 0.263 e. The van der Waals surface area contributed by atoms with Gasteiger partial charge in [-0.2, -0.15) is 0 Å². The van der Waals surface area contributed by atoms with Crippen molar-refractivity contribution in [3.63, 3.8) is 0 Å². The summed E-state index contributed by atoms with van der Waals surface area (Å²) in [6.07, 6.45) is 6.71. The molecule has 6 rings (SSSR count). The van der Waals surface area contributed by atoms with Crippen molar-refractivity contribution in [3.05, 3.63) is 69.8 Å². The van der Waals surface area contributed by atoms with Crippen LogP contribution >= 0.6 is 0 Å². The van der Waals surface area contributed by atoms with Crippen molar-refractivity contribution in [2.45, 2.75) is 89.6 Å². The lowest BCUT2D eigenvalue weighted by Gasteiger charge is -2.27. The Morgan fingerprint density at radius 3 is 1.26 bits per heavy atom. The minimum Gasteiger partial charge on any atom is -0.330 e. The van der Waals surface area contributed by atoms with Gasteiger partial charge in [-0.05, 0) is 68.8 Å². The van der Waals surface area contributed by atoms with E-state index in [1.54, 1.807) is 137 Å². The number of fused-ring (bicyclic) bond motifs is 2. The molecule has 2 unspecified atom stereocenters. The zero-order valence-electron chi connectivity index (χ0n) is 40.5. The second-order valence-corrected chi connectivity index (χ2v) is 65.7. The van der Waals surface area contributed by atoms with Crippen LogP contribution in [0.4, 0.5) is 0 Å². The van der Waals surface area contributed by atoms with E-state index in [-0.39, 0.29) is 48.6 Å². The van der Waals surface area contributed by atoms with Crippen molar-refractivity contribution >= 4 is 327 Å². The predicted octanol–water partition coefficient (Wildman–Crippen LogP) is 2.31. The molecule has 0 spiro atoms. The van der Waals surface area contributed by atoms with E-state index in [2.05, 4.69) is 29.4 Å². The summed E-state index contributed by atoms with van der Waals surface area (Å²) < 4.78 is 0. The molecule has 81 heavy (non-hydrogen) atoms. The summed E-state index contributed by atoms with van der Waals surface area (Å²) in [5.41, 5.74) is 8.06. The van der Waals surface area contributed by atoms with Gasteiger partial charge in [0, 0.05) is 305 Å². The number of piperidine rings is 2. The topological polar surface area (TPSA) is 193 Å². The van der Waals surface area contributed by atoms with Gasteiger partial charge < -0.3 is 5.73 Å². The summed E-state index contributed by atoms with van der Waals surface area (Å²) in [7, 11) is 50.9. The molecular formula is C37H39N5O8S31. The minimum atomic E-state index is -0.953. The molecule has 44 heteroatoms. The number of benzene rings is 2. The standard InChI is InChI=1S/C19H18N2O4.C18H21N3O4.S31/c1-2-3-4-5-7-12-8-6-9-13-16(12)19(25)21(18(13)24)14-10-11-15(22)20-17(14)23;19-10-3-1-2-5-11-6-4-7-12-15(11)18(25)21(17(12)24)13-8-9-14(22)20-16(13)23;1-3-5-7-9-11-13-15-17-19-21-23-25-27-29-31-30-28-26-24-22-20-18-16-14-12-10-8-6-4-2/h6,8-9,14H,2-4,10-11H2,1H3,(H,20,22,23);4,6-7,13H,1-3,5,8-10,19H2,(H,20,22,23);. The molecule has 2 aromatic carbocycles. The van der Waals surface area contributed by atoms with Crippen LogP contribution < -0.4 is 16.4 Å². The van der Waals surface area contributed by atoms with Gasteiger partial charge in [0.15, 0.2) is 0 Å². The molecule has 4 aliphatic heterocycles. The van der Waals surface area contributed by atoms with Crippen molar-refractivity contribution < 1.29 is 38.4 Å². The molecule has 13 nitrogen and oxygen atoms in total. The summed E-state index contributed by atoms with van der Waals surface area (Å²) in [5.74, 6) is 2.10. The Balaban J connectivity index is 0.000000263. The summed E-state index contributed by atoms with van der Waals surface area (Å²) in [5, 5.41) is 4.39. The SMILES string of the molecule is CCCCC#Cc1cccc2c1C(=O)N(C1CCC(=O)NC1=O)C2=O.NCCCCCc1cccc2c1C(=O)N(C1CCC(=O)NC1=O)C2=O.S=S=S=S=S=S=S=S=S=S=S=S=S=S=S=S=S=S=S=S=S=S=S=S=S=S=S=S=S=S=S. The number of rotatable bonds is 9. The highest BCUT2D eigenvalue weighted by Gasteiger charge is 2.46. The van der Waals surface area contributed by atoms with Crippen LogP contribution in [0, 0.1) is 11.8 Å². The highest BCUT2D eigenvalue weighted by molar-refractivity contribution is 8.80. The molecule has 2 fully saturated rings. The molecular weight excluding hydrogens is 1640 g/mol. The van der Waals surface area contributed by atoms with Crippen molar-refractivity contribution in [1.82, 2.24) is 20.4 Å². The third-order valence-corrected chi connectivity index (χ3v) is 72.1. The molecule has 0 radical (unpaired) electrons. The van der Waals surface area contributed by atoms with Gasteiger partial charge in [-0.3, -0.25) is 58.8 Å². The molecule has 4 N–H and O–H groups in total. The fourth-order valence-electron chi connectivity index (χ4n) is 6.78. The normalized spacial score (nSPS) is 15.1. The third-order valence-electron chi connectivity index (χ3n) is 9.83. The van der Waals surface area contributed by atoms with Gasteiger partial charge >= 0.3 is 0 Å². The Hall–Kier alpha value is 1.34. The second-order valence-electron chi connectivity index (χ2n) is 14.4. The Morgan fingerprint density at radius 1 is 0.494 bits per heavy atom. The van der Waals surface area contributed by atoms with Crippen LogP contribution in [0.1, 0.15) is 124 Å². The Labute approximate surface area is 559 Å². The van der Waals surface area contributed by atoms with Crippen molar-refractivity contribution in [1.29, 1.82) is 0 Å².